The molecule has 3 N–H and O–H groups in total. The maximum atomic E-state index is 11.9. The lowest BCUT2D eigenvalue weighted by atomic mass is 10.1. The summed E-state index contributed by atoms with van der Waals surface area (Å²) in [5.41, 5.74) is 0.772. The second-order valence-corrected chi connectivity index (χ2v) is 6.42. The Balaban J connectivity index is 2.24. The highest BCUT2D eigenvalue weighted by atomic mass is 32.2. The smallest absolute Gasteiger partial charge is 0.224 e. The van der Waals surface area contributed by atoms with E-state index in [1.807, 2.05) is 6.07 Å². The molecule has 1 aromatic rings. The number of aliphatic hydroxyl groups excluding tert-OH is 1. The van der Waals surface area contributed by atoms with Crippen LogP contribution < -0.4 is 5.14 Å². The number of primary sulfonamides is 1. The van der Waals surface area contributed by atoms with E-state index in [2.05, 4.69) is 0 Å². The van der Waals surface area contributed by atoms with Crippen LogP contribution in [0.3, 0.4) is 0 Å². The molecule has 2 rings (SSSR count). The van der Waals surface area contributed by atoms with Crippen LogP contribution in [0.4, 0.5) is 0 Å². The molecule has 2 atom stereocenters. The molecule has 104 valence electrons. The monoisotopic (exact) mass is 284 g/mol. The molecular weight excluding hydrogens is 268 g/mol. The van der Waals surface area contributed by atoms with Gasteiger partial charge in [-0.15, -0.1) is 0 Å². The number of carbonyl (C=O) groups excluding carboxylic acids is 1. The largest absolute Gasteiger partial charge is 0.394 e. The van der Waals surface area contributed by atoms with E-state index in [1.54, 1.807) is 24.3 Å². The highest BCUT2D eigenvalue weighted by Crippen LogP contribution is 2.27. The van der Waals surface area contributed by atoms with Crippen LogP contribution in [0.25, 0.3) is 0 Å². The lowest BCUT2D eigenvalue weighted by Crippen LogP contribution is -2.35. The third kappa shape index (κ3) is 2.94. The molecule has 0 bridgehead atoms. The molecule has 0 aromatic heterocycles. The second kappa shape index (κ2) is 5.28. The first kappa shape index (κ1) is 14.0. The highest BCUT2D eigenvalue weighted by molar-refractivity contribution is 7.89. The Morgan fingerprint density at radius 3 is 2.47 bits per heavy atom. The first-order valence-corrected chi connectivity index (χ1v) is 7.51. The predicted octanol–water partition coefficient (Wildman–Crippen LogP) is -0.391. The van der Waals surface area contributed by atoms with E-state index >= 15 is 0 Å². The van der Waals surface area contributed by atoms with Crippen molar-refractivity contribution in [3.05, 3.63) is 35.9 Å². The number of hydrogen-bond acceptors (Lipinski definition) is 4. The number of nitrogens with two attached hydrogens (primary N) is 1. The Kier molecular flexibility index (Phi) is 3.88. The fourth-order valence-corrected chi connectivity index (χ4v) is 3.02. The van der Waals surface area contributed by atoms with Gasteiger partial charge in [-0.3, -0.25) is 4.79 Å². The van der Waals surface area contributed by atoms with Crippen molar-refractivity contribution in [1.82, 2.24) is 4.90 Å². The molecule has 1 fully saturated rings. The molecule has 1 amide bonds. The van der Waals surface area contributed by atoms with Gasteiger partial charge < -0.3 is 10.0 Å². The zero-order valence-electron chi connectivity index (χ0n) is 10.3. The molecule has 0 saturated carbocycles. The number of nitrogens with zero attached hydrogens (tertiary/aromatic N) is 1. The van der Waals surface area contributed by atoms with Crippen LogP contribution in [-0.2, 0) is 14.8 Å². The van der Waals surface area contributed by atoms with Crippen LogP contribution in [0, 0.1) is 0 Å². The van der Waals surface area contributed by atoms with E-state index in [1.165, 1.54) is 4.90 Å². The Morgan fingerprint density at radius 1 is 1.37 bits per heavy atom. The Labute approximate surface area is 111 Å². The van der Waals surface area contributed by atoms with E-state index in [9.17, 15) is 18.3 Å². The van der Waals surface area contributed by atoms with Gasteiger partial charge in [-0.2, -0.15) is 0 Å². The lowest BCUT2D eigenvalue weighted by molar-refractivity contribution is -0.130. The highest BCUT2D eigenvalue weighted by Gasteiger charge is 2.39. The minimum atomic E-state index is -3.74. The van der Waals surface area contributed by atoms with Crippen molar-refractivity contribution in [3.8, 4) is 0 Å². The standard InChI is InChI=1S/C12H16N2O4S/c13-19(17,18)10-6-12(16)14(7-10)11(8-15)9-4-2-1-3-5-9/h1-5,10-11,15H,6-8H2,(H2,13,17,18)/t10?,11-/m0/s1. The molecule has 1 unspecified atom stereocenters. The number of benzene rings is 1. The molecule has 1 aliphatic heterocycles. The van der Waals surface area contributed by atoms with Gasteiger partial charge in [0.2, 0.25) is 15.9 Å². The molecular formula is C12H16N2O4S. The van der Waals surface area contributed by atoms with Crippen molar-refractivity contribution in [2.45, 2.75) is 17.7 Å². The van der Waals surface area contributed by atoms with Gasteiger partial charge in [0, 0.05) is 13.0 Å². The topological polar surface area (TPSA) is 101 Å². The SMILES string of the molecule is NS(=O)(=O)C1CC(=O)N([C@@H](CO)c2ccccc2)C1. The molecule has 1 aliphatic rings. The molecule has 1 saturated heterocycles. The summed E-state index contributed by atoms with van der Waals surface area (Å²) in [5, 5.41) is 13.7. The van der Waals surface area contributed by atoms with Crippen molar-refractivity contribution in [2.75, 3.05) is 13.2 Å². The predicted molar refractivity (Wildman–Crippen MR) is 69.5 cm³/mol. The first-order chi connectivity index (χ1) is 8.93. The summed E-state index contributed by atoms with van der Waals surface area (Å²) in [6, 6.07) is 8.49. The van der Waals surface area contributed by atoms with Gasteiger partial charge >= 0.3 is 0 Å². The maximum absolute atomic E-state index is 11.9. The van der Waals surface area contributed by atoms with Crippen molar-refractivity contribution in [1.29, 1.82) is 0 Å². The molecule has 7 heteroatoms. The average Bonchev–Trinajstić information content (AvgIpc) is 2.74. The van der Waals surface area contributed by atoms with E-state index in [0.29, 0.717) is 0 Å². The average molecular weight is 284 g/mol. The molecule has 6 nitrogen and oxygen atoms in total. The van der Waals surface area contributed by atoms with Crippen LogP contribution >= 0.6 is 0 Å². The van der Waals surface area contributed by atoms with Crippen molar-refractivity contribution >= 4 is 15.9 Å². The number of sulfonamides is 1. The molecule has 1 aromatic carbocycles. The van der Waals surface area contributed by atoms with E-state index in [0.717, 1.165) is 5.56 Å². The van der Waals surface area contributed by atoms with Gasteiger partial charge in [-0.25, -0.2) is 13.6 Å². The van der Waals surface area contributed by atoms with Gasteiger partial charge in [0.05, 0.1) is 12.6 Å². The van der Waals surface area contributed by atoms with Crippen LogP contribution in [0.5, 0.6) is 0 Å². The minimum absolute atomic E-state index is 0.0256. The summed E-state index contributed by atoms with van der Waals surface area (Å²) in [5.74, 6) is -0.304. The van der Waals surface area contributed by atoms with E-state index in [4.69, 9.17) is 5.14 Å². The van der Waals surface area contributed by atoms with Crippen molar-refractivity contribution < 1.29 is 18.3 Å². The van der Waals surface area contributed by atoms with Gasteiger partial charge in [0.15, 0.2) is 0 Å². The summed E-state index contributed by atoms with van der Waals surface area (Å²) in [6.45, 7) is -0.231. The molecule has 0 spiro atoms. The van der Waals surface area contributed by atoms with Gasteiger partial charge in [-0.05, 0) is 5.56 Å². The molecule has 0 aliphatic carbocycles. The maximum Gasteiger partial charge on any atom is 0.224 e. The summed E-state index contributed by atoms with van der Waals surface area (Å²) >= 11 is 0. The van der Waals surface area contributed by atoms with Crippen LogP contribution in [0.2, 0.25) is 0 Å². The van der Waals surface area contributed by atoms with Crippen LogP contribution in [0.15, 0.2) is 30.3 Å². The summed E-state index contributed by atoms with van der Waals surface area (Å²) in [4.78, 5) is 13.3. The number of carbonyl (C=O) groups is 1. The van der Waals surface area contributed by atoms with Crippen molar-refractivity contribution in [2.24, 2.45) is 5.14 Å². The number of rotatable bonds is 4. The van der Waals surface area contributed by atoms with Crippen molar-refractivity contribution in [3.63, 3.8) is 0 Å². The van der Waals surface area contributed by atoms with E-state index < -0.39 is 21.3 Å². The Morgan fingerprint density at radius 2 is 2.00 bits per heavy atom. The molecule has 0 radical (unpaired) electrons. The van der Waals surface area contributed by atoms with Gasteiger partial charge in [-0.1, -0.05) is 30.3 Å². The number of hydrogen-bond donors (Lipinski definition) is 2. The summed E-state index contributed by atoms with van der Waals surface area (Å²) in [7, 11) is -3.74. The number of amides is 1. The lowest BCUT2D eigenvalue weighted by Gasteiger charge is -2.26. The first-order valence-electron chi connectivity index (χ1n) is 5.90. The number of likely N-dealkylation sites (tertiary alicyclic amines) is 1. The van der Waals surface area contributed by atoms with Gasteiger partial charge in [0.25, 0.3) is 0 Å². The van der Waals surface area contributed by atoms with Crippen LogP contribution in [0.1, 0.15) is 18.0 Å². The van der Waals surface area contributed by atoms with Crippen LogP contribution in [-0.4, -0.2) is 42.7 Å². The Hall–Kier alpha value is -1.44. The normalized spacial score (nSPS) is 21.7. The van der Waals surface area contributed by atoms with E-state index in [-0.39, 0.29) is 25.5 Å². The van der Waals surface area contributed by atoms with Gasteiger partial charge in [0.1, 0.15) is 5.25 Å². The summed E-state index contributed by atoms with van der Waals surface area (Å²) in [6.07, 6.45) is -0.123. The minimum Gasteiger partial charge on any atom is -0.394 e. The molecule has 19 heavy (non-hydrogen) atoms. The Bertz CT molecular complexity index is 558. The second-order valence-electron chi connectivity index (χ2n) is 4.57. The fourth-order valence-electron chi connectivity index (χ4n) is 2.28. The third-order valence-corrected chi connectivity index (χ3v) is 4.57. The molecule has 1 heterocycles. The third-order valence-electron chi connectivity index (χ3n) is 3.32. The fraction of sp³-hybridized carbons (Fsp3) is 0.417. The summed E-state index contributed by atoms with van der Waals surface area (Å²) < 4.78 is 22.6. The quantitative estimate of drug-likeness (QED) is 0.786. The zero-order valence-corrected chi connectivity index (χ0v) is 11.1. The zero-order chi connectivity index (χ0) is 14.0. The number of aliphatic hydroxyl groups is 1.